The van der Waals surface area contributed by atoms with Gasteiger partial charge in [0.1, 0.15) is 0 Å². The van der Waals surface area contributed by atoms with E-state index in [1.165, 1.54) is 25.9 Å². The van der Waals surface area contributed by atoms with Crippen molar-refractivity contribution in [2.24, 2.45) is 5.92 Å². The number of nitrogens with zero attached hydrogens (tertiary/aromatic N) is 1. The predicted octanol–water partition coefficient (Wildman–Crippen LogP) is 2.21. The van der Waals surface area contributed by atoms with Crippen molar-refractivity contribution in [1.29, 1.82) is 0 Å². The molecule has 1 fully saturated rings. The Morgan fingerprint density at radius 3 is 3.00 bits per heavy atom. The van der Waals surface area contributed by atoms with Gasteiger partial charge in [-0.2, -0.15) is 0 Å². The molecular formula is C11H21BrN2. The predicted molar refractivity (Wildman–Crippen MR) is 65.8 cm³/mol. The van der Waals surface area contributed by atoms with Crippen molar-refractivity contribution in [1.82, 2.24) is 10.2 Å². The van der Waals surface area contributed by atoms with E-state index in [1.807, 2.05) is 0 Å². The summed E-state index contributed by atoms with van der Waals surface area (Å²) in [6.45, 7) is 9.47. The van der Waals surface area contributed by atoms with Crippen LogP contribution in [0.15, 0.2) is 11.1 Å². The first-order valence-electron chi connectivity index (χ1n) is 5.35. The fourth-order valence-corrected chi connectivity index (χ4v) is 2.21. The first-order chi connectivity index (χ1) is 6.59. The molecular weight excluding hydrogens is 240 g/mol. The van der Waals surface area contributed by atoms with Gasteiger partial charge in [-0.25, -0.2) is 0 Å². The maximum atomic E-state index is 3.83. The highest BCUT2D eigenvalue weighted by Crippen LogP contribution is 2.18. The zero-order valence-electron chi connectivity index (χ0n) is 9.22. The first kappa shape index (κ1) is 12.2. The van der Waals surface area contributed by atoms with Crippen LogP contribution in [-0.4, -0.2) is 37.6 Å². The van der Waals surface area contributed by atoms with Crippen LogP contribution in [0.25, 0.3) is 0 Å². The quantitative estimate of drug-likeness (QED) is 0.834. The summed E-state index contributed by atoms with van der Waals surface area (Å²) in [5, 5.41) is 3.50. The van der Waals surface area contributed by atoms with Crippen molar-refractivity contribution in [3.8, 4) is 0 Å². The zero-order chi connectivity index (χ0) is 10.6. The van der Waals surface area contributed by atoms with Crippen LogP contribution in [0.3, 0.4) is 0 Å². The largest absolute Gasteiger partial charge is 0.309 e. The van der Waals surface area contributed by atoms with Gasteiger partial charge in [0.05, 0.1) is 0 Å². The van der Waals surface area contributed by atoms with E-state index in [4.69, 9.17) is 0 Å². The van der Waals surface area contributed by atoms with Gasteiger partial charge in [-0.05, 0) is 39.3 Å². The Balaban J connectivity index is 2.28. The lowest BCUT2D eigenvalue weighted by Crippen LogP contribution is -2.43. The molecule has 1 rings (SSSR count). The molecule has 0 saturated carbocycles. The van der Waals surface area contributed by atoms with Crippen molar-refractivity contribution in [3.05, 3.63) is 11.1 Å². The van der Waals surface area contributed by atoms with E-state index in [2.05, 4.69) is 46.7 Å². The molecule has 0 aromatic heterocycles. The summed E-state index contributed by atoms with van der Waals surface area (Å²) < 4.78 is 1.04. The van der Waals surface area contributed by atoms with Crippen molar-refractivity contribution in [2.75, 3.05) is 26.7 Å². The van der Waals surface area contributed by atoms with Gasteiger partial charge in [-0.3, -0.25) is 0 Å². The summed E-state index contributed by atoms with van der Waals surface area (Å²) in [4.78, 5) is 2.43. The Labute approximate surface area is 95.9 Å². The minimum atomic E-state index is 0.590. The molecule has 1 aliphatic heterocycles. The number of piperidine rings is 1. The van der Waals surface area contributed by atoms with Crippen LogP contribution in [0.4, 0.5) is 0 Å². The first-order valence-corrected chi connectivity index (χ1v) is 6.14. The molecule has 1 N–H and O–H groups in total. The summed E-state index contributed by atoms with van der Waals surface area (Å²) >= 11 is 3.37. The van der Waals surface area contributed by atoms with Gasteiger partial charge < -0.3 is 10.2 Å². The highest BCUT2D eigenvalue weighted by atomic mass is 79.9. The van der Waals surface area contributed by atoms with Crippen LogP contribution in [-0.2, 0) is 0 Å². The van der Waals surface area contributed by atoms with Crippen LogP contribution in [0.1, 0.15) is 19.8 Å². The molecule has 2 nitrogen and oxygen atoms in total. The molecule has 0 aromatic rings. The number of likely N-dealkylation sites (tertiary alicyclic amines) is 1. The van der Waals surface area contributed by atoms with E-state index >= 15 is 0 Å². The van der Waals surface area contributed by atoms with Crippen LogP contribution < -0.4 is 5.32 Å². The Kier molecular flexibility index (Phi) is 5.13. The number of hydrogen-bond donors (Lipinski definition) is 1. The Bertz CT molecular complexity index is 194. The minimum Gasteiger partial charge on any atom is -0.309 e. The molecule has 14 heavy (non-hydrogen) atoms. The van der Waals surface area contributed by atoms with Gasteiger partial charge in [0.2, 0.25) is 0 Å². The summed E-state index contributed by atoms with van der Waals surface area (Å²) in [7, 11) is 2.21. The molecule has 1 saturated heterocycles. The van der Waals surface area contributed by atoms with E-state index in [-0.39, 0.29) is 0 Å². The van der Waals surface area contributed by atoms with Crippen LogP contribution >= 0.6 is 15.9 Å². The van der Waals surface area contributed by atoms with Gasteiger partial charge in [-0.15, -0.1) is 0 Å². The summed E-state index contributed by atoms with van der Waals surface area (Å²) in [6, 6.07) is 0.590. The lowest BCUT2D eigenvalue weighted by atomic mass is 9.92. The van der Waals surface area contributed by atoms with E-state index < -0.39 is 0 Å². The highest BCUT2D eigenvalue weighted by molar-refractivity contribution is 9.11. The molecule has 82 valence electrons. The normalized spacial score (nSPS) is 26.1. The third kappa shape index (κ3) is 4.11. The smallest absolute Gasteiger partial charge is 0.0268 e. The topological polar surface area (TPSA) is 15.3 Å². The lowest BCUT2D eigenvalue weighted by molar-refractivity contribution is 0.181. The second kappa shape index (κ2) is 5.89. The summed E-state index contributed by atoms with van der Waals surface area (Å²) in [5.74, 6) is 0.792. The second-order valence-electron chi connectivity index (χ2n) is 4.35. The van der Waals surface area contributed by atoms with Crippen molar-refractivity contribution < 1.29 is 0 Å². The Morgan fingerprint density at radius 2 is 2.43 bits per heavy atom. The SMILES string of the molecule is C=C(Br)CNC(C)C1CCCN(C)C1. The third-order valence-electron chi connectivity index (χ3n) is 2.98. The fourth-order valence-electron chi connectivity index (χ4n) is 2.05. The maximum Gasteiger partial charge on any atom is 0.0268 e. The summed E-state index contributed by atoms with van der Waals surface area (Å²) in [6.07, 6.45) is 2.69. The van der Waals surface area contributed by atoms with Gasteiger partial charge in [0, 0.05) is 23.6 Å². The molecule has 0 aromatic carbocycles. The van der Waals surface area contributed by atoms with E-state index in [0.29, 0.717) is 6.04 Å². The van der Waals surface area contributed by atoms with Gasteiger partial charge >= 0.3 is 0 Å². The van der Waals surface area contributed by atoms with Crippen molar-refractivity contribution >= 4 is 15.9 Å². The van der Waals surface area contributed by atoms with Gasteiger partial charge in [0.15, 0.2) is 0 Å². The van der Waals surface area contributed by atoms with Crippen LogP contribution in [0.2, 0.25) is 0 Å². The molecule has 2 atom stereocenters. The number of halogens is 1. The molecule has 3 heteroatoms. The third-order valence-corrected chi connectivity index (χ3v) is 3.26. The number of rotatable bonds is 4. The molecule has 0 bridgehead atoms. The molecule has 0 amide bonds. The molecule has 2 unspecified atom stereocenters. The van der Waals surface area contributed by atoms with E-state index in [1.54, 1.807) is 0 Å². The van der Waals surface area contributed by atoms with Crippen molar-refractivity contribution in [2.45, 2.75) is 25.8 Å². The zero-order valence-corrected chi connectivity index (χ0v) is 10.8. The molecule has 1 aliphatic rings. The minimum absolute atomic E-state index is 0.590. The number of nitrogens with one attached hydrogen (secondary N) is 1. The molecule has 0 radical (unpaired) electrons. The second-order valence-corrected chi connectivity index (χ2v) is 5.47. The number of hydrogen-bond acceptors (Lipinski definition) is 2. The average Bonchev–Trinajstić information content (AvgIpc) is 2.14. The average molecular weight is 261 g/mol. The molecule has 1 heterocycles. The Hall–Kier alpha value is 0.140. The van der Waals surface area contributed by atoms with Gasteiger partial charge in [0.25, 0.3) is 0 Å². The molecule has 0 spiro atoms. The lowest BCUT2D eigenvalue weighted by Gasteiger charge is -2.33. The standard InChI is InChI=1S/C11H21BrN2/c1-9(12)7-13-10(2)11-5-4-6-14(3)8-11/h10-11,13H,1,4-8H2,2-3H3. The van der Waals surface area contributed by atoms with E-state index in [0.717, 1.165) is 16.9 Å². The fraction of sp³-hybridized carbons (Fsp3) is 0.818. The summed E-state index contributed by atoms with van der Waals surface area (Å²) in [5.41, 5.74) is 0. The van der Waals surface area contributed by atoms with Gasteiger partial charge in [-0.1, -0.05) is 22.5 Å². The highest BCUT2D eigenvalue weighted by Gasteiger charge is 2.22. The molecule has 0 aliphatic carbocycles. The van der Waals surface area contributed by atoms with E-state index in [9.17, 15) is 0 Å². The van der Waals surface area contributed by atoms with Crippen LogP contribution in [0, 0.1) is 5.92 Å². The Morgan fingerprint density at radius 1 is 1.71 bits per heavy atom. The monoisotopic (exact) mass is 260 g/mol. The van der Waals surface area contributed by atoms with Crippen LogP contribution in [0.5, 0.6) is 0 Å². The van der Waals surface area contributed by atoms with Crippen molar-refractivity contribution in [3.63, 3.8) is 0 Å². The maximum absolute atomic E-state index is 3.83.